The third kappa shape index (κ3) is 7.87. The monoisotopic (exact) mass is 465 g/mol. The van der Waals surface area contributed by atoms with Crippen molar-refractivity contribution in [2.45, 2.75) is 18.9 Å². The number of ether oxygens (including phenoxy) is 2. The molecule has 1 aromatic rings. The van der Waals surface area contributed by atoms with Gasteiger partial charge < -0.3 is 19.7 Å². The number of benzene rings is 1. The summed E-state index contributed by atoms with van der Waals surface area (Å²) < 4.78 is 24.2. The number of guanidine groups is 1. The first kappa shape index (κ1) is 22.1. The number of nitrogens with zero attached hydrogens (tertiary/aromatic N) is 2. The average molecular weight is 465 g/mol. The quantitative estimate of drug-likeness (QED) is 0.264. The first-order chi connectivity index (χ1) is 11.6. The van der Waals surface area contributed by atoms with Crippen LogP contribution < -0.4 is 5.32 Å². The Morgan fingerprint density at radius 3 is 2.60 bits per heavy atom. The van der Waals surface area contributed by atoms with Gasteiger partial charge in [-0.05, 0) is 36.5 Å². The van der Waals surface area contributed by atoms with E-state index in [1.165, 1.54) is 25.0 Å². The Morgan fingerprint density at radius 2 is 2.04 bits per heavy atom. The molecule has 0 amide bonds. The number of nitrogens with one attached hydrogen (secondary N) is 1. The lowest BCUT2D eigenvalue weighted by atomic mass is 10.1. The molecule has 1 aliphatic carbocycles. The van der Waals surface area contributed by atoms with Gasteiger partial charge in [0.1, 0.15) is 5.82 Å². The topological polar surface area (TPSA) is 46.1 Å². The SMILES string of the molecule is CN=C(NCC(OC)c1ccc(F)cc1)N(C)CCOCC1CC1.I. The molecule has 0 aliphatic heterocycles. The van der Waals surface area contributed by atoms with Crippen molar-refractivity contribution < 1.29 is 13.9 Å². The predicted molar refractivity (Wildman–Crippen MR) is 109 cm³/mol. The molecular formula is C18H29FIN3O2. The summed E-state index contributed by atoms with van der Waals surface area (Å²) in [6, 6.07) is 6.37. The van der Waals surface area contributed by atoms with Crippen LogP contribution >= 0.6 is 24.0 Å². The average Bonchev–Trinajstić information content (AvgIpc) is 3.41. The van der Waals surface area contributed by atoms with Gasteiger partial charge in [-0.25, -0.2) is 4.39 Å². The van der Waals surface area contributed by atoms with Crippen LogP contribution in [0.1, 0.15) is 24.5 Å². The van der Waals surface area contributed by atoms with E-state index >= 15 is 0 Å². The molecule has 1 N–H and O–H groups in total. The second-order valence-corrected chi connectivity index (χ2v) is 6.14. The third-order valence-corrected chi connectivity index (χ3v) is 4.17. The number of methoxy groups -OCH3 is 1. The second kappa shape index (κ2) is 11.6. The van der Waals surface area contributed by atoms with Crippen molar-refractivity contribution in [3.63, 3.8) is 0 Å². The summed E-state index contributed by atoms with van der Waals surface area (Å²) in [5, 5.41) is 3.30. The Kier molecular flexibility index (Phi) is 10.3. The molecule has 0 saturated heterocycles. The van der Waals surface area contributed by atoms with Crippen LogP contribution in [-0.2, 0) is 9.47 Å². The van der Waals surface area contributed by atoms with E-state index in [0.717, 1.165) is 30.6 Å². The van der Waals surface area contributed by atoms with Gasteiger partial charge in [0.25, 0.3) is 0 Å². The van der Waals surface area contributed by atoms with Crippen molar-refractivity contribution in [1.29, 1.82) is 0 Å². The molecule has 25 heavy (non-hydrogen) atoms. The van der Waals surface area contributed by atoms with Gasteiger partial charge in [0.2, 0.25) is 0 Å². The standard InChI is InChI=1S/C18H28FN3O2.HI/c1-20-18(22(2)10-11-24-13-14-4-5-14)21-12-17(23-3)15-6-8-16(19)9-7-15;/h6-9,14,17H,4-5,10-13H2,1-3H3,(H,20,21);1H. The summed E-state index contributed by atoms with van der Waals surface area (Å²) in [4.78, 5) is 6.32. The van der Waals surface area contributed by atoms with Crippen molar-refractivity contribution in [2.75, 3.05) is 47.5 Å². The highest BCUT2D eigenvalue weighted by atomic mass is 127. The lowest BCUT2D eigenvalue weighted by molar-refractivity contribution is 0.104. The van der Waals surface area contributed by atoms with Gasteiger partial charge in [0.05, 0.1) is 12.7 Å². The Hall–Kier alpha value is -0.930. The molecule has 142 valence electrons. The van der Waals surface area contributed by atoms with Gasteiger partial charge in [-0.1, -0.05) is 12.1 Å². The largest absolute Gasteiger partial charge is 0.379 e. The molecule has 0 bridgehead atoms. The maximum atomic E-state index is 13.0. The lowest BCUT2D eigenvalue weighted by Gasteiger charge is -2.24. The van der Waals surface area contributed by atoms with Crippen molar-refractivity contribution in [1.82, 2.24) is 10.2 Å². The zero-order chi connectivity index (χ0) is 17.4. The van der Waals surface area contributed by atoms with Crippen molar-refractivity contribution >= 4 is 29.9 Å². The first-order valence-electron chi connectivity index (χ1n) is 8.41. The lowest BCUT2D eigenvalue weighted by Crippen LogP contribution is -2.42. The Balaban J connectivity index is 0.00000312. The van der Waals surface area contributed by atoms with E-state index < -0.39 is 0 Å². The number of likely N-dealkylation sites (N-methyl/N-ethyl adjacent to an activating group) is 1. The number of aliphatic imine (C=N–C) groups is 1. The molecule has 1 aromatic carbocycles. The molecule has 1 atom stereocenters. The Labute approximate surface area is 167 Å². The van der Waals surface area contributed by atoms with Crippen LogP contribution in [0.4, 0.5) is 4.39 Å². The minimum atomic E-state index is -0.247. The van der Waals surface area contributed by atoms with Crippen molar-refractivity contribution in [3.8, 4) is 0 Å². The van der Waals surface area contributed by atoms with Gasteiger partial charge in [-0.15, -0.1) is 24.0 Å². The van der Waals surface area contributed by atoms with E-state index in [4.69, 9.17) is 9.47 Å². The normalized spacial score (nSPS) is 15.4. The molecule has 1 saturated carbocycles. The van der Waals surface area contributed by atoms with Gasteiger partial charge >= 0.3 is 0 Å². The maximum absolute atomic E-state index is 13.0. The van der Waals surface area contributed by atoms with Gasteiger partial charge in [0.15, 0.2) is 5.96 Å². The molecule has 0 aromatic heterocycles. The fourth-order valence-corrected chi connectivity index (χ4v) is 2.43. The van der Waals surface area contributed by atoms with E-state index in [9.17, 15) is 4.39 Å². The summed E-state index contributed by atoms with van der Waals surface area (Å²) in [6.45, 7) is 2.90. The molecule has 0 spiro atoms. The molecule has 1 unspecified atom stereocenters. The minimum absolute atomic E-state index is 0. The smallest absolute Gasteiger partial charge is 0.193 e. The molecule has 1 aliphatic rings. The van der Waals surface area contributed by atoms with Crippen LogP contribution in [0.2, 0.25) is 0 Å². The van der Waals surface area contributed by atoms with Gasteiger partial charge in [-0.2, -0.15) is 0 Å². The van der Waals surface area contributed by atoms with Gasteiger partial charge in [-0.3, -0.25) is 4.99 Å². The number of rotatable bonds is 9. The van der Waals surface area contributed by atoms with Crippen LogP contribution in [0, 0.1) is 11.7 Å². The summed E-state index contributed by atoms with van der Waals surface area (Å²) >= 11 is 0. The van der Waals surface area contributed by atoms with Crippen molar-refractivity contribution in [3.05, 3.63) is 35.6 Å². The maximum Gasteiger partial charge on any atom is 0.193 e. The fourth-order valence-electron chi connectivity index (χ4n) is 2.43. The Morgan fingerprint density at radius 1 is 1.36 bits per heavy atom. The van der Waals surface area contributed by atoms with Crippen LogP contribution in [-0.4, -0.2) is 58.4 Å². The molecule has 5 nitrogen and oxygen atoms in total. The van der Waals surface area contributed by atoms with Crippen LogP contribution in [0.25, 0.3) is 0 Å². The Bertz CT molecular complexity index is 524. The van der Waals surface area contributed by atoms with E-state index in [1.807, 2.05) is 11.9 Å². The van der Waals surface area contributed by atoms with E-state index in [-0.39, 0.29) is 35.9 Å². The van der Waals surface area contributed by atoms with E-state index in [1.54, 1.807) is 26.3 Å². The zero-order valence-corrected chi connectivity index (χ0v) is 17.5. The van der Waals surface area contributed by atoms with E-state index in [2.05, 4.69) is 10.3 Å². The minimum Gasteiger partial charge on any atom is -0.379 e. The first-order valence-corrected chi connectivity index (χ1v) is 8.41. The fraction of sp³-hybridized carbons (Fsp3) is 0.611. The predicted octanol–water partition coefficient (Wildman–Crippen LogP) is 3.07. The van der Waals surface area contributed by atoms with Crippen LogP contribution in [0.15, 0.2) is 29.3 Å². The summed E-state index contributed by atoms with van der Waals surface area (Å²) in [5.74, 6) is 1.32. The van der Waals surface area contributed by atoms with Gasteiger partial charge in [0, 0.05) is 40.9 Å². The highest BCUT2D eigenvalue weighted by molar-refractivity contribution is 14.0. The zero-order valence-electron chi connectivity index (χ0n) is 15.2. The summed E-state index contributed by atoms with van der Waals surface area (Å²) in [6.07, 6.45) is 2.45. The molecule has 7 heteroatoms. The molecule has 0 heterocycles. The molecule has 0 radical (unpaired) electrons. The summed E-state index contributed by atoms with van der Waals surface area (Å²) in [7, 11) is 5.38. The number of hydrogen-bond acceptors (Lipinski definition) is 3. The number of hydrogen-bond donors (Lipinski definition) is 1. The van der Waals surface area contributed by atoms with Crippen LogP contribution in [0.3, 0.4) is 0 Å². The second-order valence-electron chi connectivity index (χ2n) is 6.14. The highest BCUT2D eigenvalue weighted by Crippen LogP contribution is 2.28. The molecule has 1 fully saturated rings. The van der Waals surface area contributed by atoms with Crippen LogP contribution in [0.5, 0.6) is 0 Å². The van der Waals surface area contributed by atoms with E-state index in [0.29, 0.717) is 13.2 Å². The number of halogens is 2. The molecule has 2 rings (SSSR count). The third-order valence-electron chi connectivity index (χ3n) is 4.17. The summed E-state index contributed by atoms with van der Waals surface area (Å²) in [5.41, 5.74) is 0.928. The highest BCUT2D eigenvalue weighted by Gasteiger charge is 2.21. The van der Waals surface area contributed by atoms with Crippen molar-refractivity contribution in [2.24, 2.45) is 10.9 Å². The molecular weight excluding hydrogens is 436 g/mol.